The number of aromatic hydroxyl groups is 1. The van der Waals surface area contributed by atoms with Gasteiger partial charge in [-0.1, -0.05) is 34.1 Å². The molecule has 5 nitrogen and oxygen atoms in total. The van der Waals surface area contributed by atoms with Crippen LogP contribution in [0.2, 0.25) is 0 Å². The molecule has 116 valence electrons. The molecule has 0 spiro atoms. The third kappa shape index (κ3) is 2.73. The van der Waals surface area contributed by atoms with Gasteiger partial charge in [-0.25, -0.2) is 0 Å². The topological polar surface area (TPSA) is 75.6 Å². The van der Waals surface area contributed by atoms with Gasteiger partial charge in [0.05, 0.1) is 7.11 Å². The Balaban J connectivity index is 2.18. The van der Waals surface area contributed by atoms with Gasteiger partial charge in [-0.2, -0.15) is 0 Å². The quantitative estimate of drug-likeness (QED) is 0.626. The van der Waals surface area contributed by atoms with E-state index in [-0.39, 0.29) is 5.75 Å². The number of halogens is 1. The summed E-state index contributed by atoms with van der Waals surface area (Å²) >= 11 is 3.35. The van der Waals surface area contributed by atoms with E-state index in [0.717, 1.165) is 0 Å². The van der Waals surface area contributed by atoms with Gasteiger partial charge in [0.15, 0.2) is 11.5 Å². The Bertz CT molecular complexity index is 858. The van der Waals surface area contributed by atoms with E-state index in [4.69, 9.17) is 4.74 Å². The van der Waals surface area contributed by atoms with Crippen molar-refractivity contribution in [2.75, 3.05) is 7.11 Å². The zero-order chi connectivity index (χ0) is 16.6. The summed E-state index contributed by atoms with van der Waals surface area (Å²) in [6.45, 7) is 0. The molecule has 0 saturated carbocycles. The lowest BCUT2D eigenvalue weighted by atomic mass is 9.93. The number of phenolic OH excluding ortho intramolecular Hbond substituents is 1. The minimum Gasteiger partial charge on any atom is -0.504 e. The largest absolute Gasteiger partial charge is 0.504 e. The molecular weight excluding hydrogens is 362 g/mol. The Hall–Kier alpha value is -2.60. The number of amides is 2. The molecule has 1 aliphatic heterocycles. The van der Waals surface area contributed by atoms with Crippen molar-refractivity contribution < 1.29 is 19.4 Å². The van der Waals surface area contributed by atoms with Crippen LogP contribution < -0.4 is 10.1 Å². The molecule has 6 heteroatoms. The highest BCUT2D eigenvalue weighted by Gasteiger charge is 2.26. The van der Waals surface area contributed by atoms with Crippen molar-refractivity contribution >= 4 is 39.4 Å². The standard InChI is InChI=1S/C17H12BrNO4/c1-23-15-7-9(13(18)8-14(15)20)6-12-10-4-2-3-5-11(10)16(21)19-17(12)22/h2-8,20H,1H3,(H,19,21,22)/b12-6-. The fraction of sp³-hybridized carbons (Fsp3) is 0.0588. The number of fused-ring (bicyclic) bond motifs is 1. The van der Waals surface area contributed by atoms with Crippen LogP contribution in [0, 0.1) is 0 Å². The maximum atomic E-state index is 12.2. The van der Waals surface area contributed by atoms with Crippen molar-refractivity contribution in [3.05, 3.63) is 57.6 Å². The lowest BCUT2D eigenvalue weighted by Gasteiger charge is -2.18. The normalized spacial score (nSPS) is 15.3. The number of ether oxygens (including phenoxy) is 1. The van der Waals surface area contributed by atoms with Crippen LogP contribution in [0.3, 0.4) is 0 Å². The average molecular weight is 374 g/mol. The summed E-state index contributed by atoms with van der Waals surface area (Å²) in [6, 6.07) is 10.00. The molecule has 0 aliphatic carbocycles. The molecule has 0 bridgehead atoms. The first-order valence-corrected chi connectivity index (χ1v) is 7.54. The highest BCUT2D eigenvalue weighted by atomic mass is 79.9. The molecule has 0 unspecified atom stereocenters. The zero-order valence-electron chi connectivity index (χ0n) is 12.1. The fourth-order valence-electron chi connectivity index (χ4n) is 2.41. The second-order valence-corrected chi connectivity index (χ2v) is 5.79. The van der Waals surface area contributed by atoms with E-state index in [1.165, 1.54) is 13.2 Å². The van der Waals surface area contributed by atoms with Gasteiger partial charge in [-0.05, 0) is 35.4 Å². The number of carbonyl (C=O) groups is 2. The van der Waals surface area contributed by atoms with Crippen molar-refractivity contribution in [1.82, 2.24) is 5.32 Å². The molecule has 1 aliphatic rings. The van der Waals surface area contributed by atoms with Crippen LogP contribution in [-0.2, 0) is 4.79 Å². The Labute approximate surface area is 140 Å². The van der Waals surface area contributed by atoms with Crippen molar-refractivity contribution in [3.8, 4) is 11.5 Å². The fourth-order valence-corrected chi connectivity index (χ4v) is 2.85. The monoisotopic (exact) mass is 373 g/mol. The molecular formula is C17H12BrNO4. The molecule has 2 amide bonds. The van der Waals surface area contributed by atoms with E-state index in [0.29, 0.717) is 32.5 Å². The highest BCUT2D eigenvalue weighted by Crippen LogP contribution is 2.35. The van der Waals surface area contributed by atoms with Crippen LogP contribution in [0.25, 0.3) is 11.6 Å². The smallest absolute Gasteiger partial charge is 0.258 e. The number of hydrogen-bond acceptors (Lipinski definition) is 4. The van der Waals surface area contributed by atoms with E-state index in [1.54, 1.807) is 36.4 Å². The Morgan fingerprint density at radius 3 is 2.52 bits per heavy atom. The number of carbonyl (C=O) groups excluding carboxylic acids is 2. The summed E-state index contributed by atoms with van der Waals surface area (Å²) in [5, 5.41) is 12.1. The molecule has 0 saturated heterocycles. The van der Waals surface area contributed by atoms with Crippen molar-refractivity contribution in [1.29, 1.82) is 0 Å². The van der Waals surface area contributed by atoms with Crippen molar-refractivity contribution in [2.24, 2.45) is 0 Å². The first-order valence-electron chi connectivity index (χ1n) is 6.74. The average Bonchev–Trinajstić information content (AvgIpc) is 2.53. The van der Waals surface area contributed by atoms with Crippen LogP contribution >= 0.6 is 15.9 Å². The van der Waals surface area contributed by atoms with Gasteiger partial charge in [0.25, 0.3) is 11.8 Å². The molecule has 23 heavy (non-hydrogen) atoms. The molecule has 2 aromatic rings. The van der Waals surface area contributed by atoms with Crippen LogP contribution in [-0.4, -0.2) is 24.0 Å². The number of phenols is 1. The lowest BCUT2D eigenvalue weighted by Crippen LogP contribution is -2.36. The number of hydrogen-bond donors (Lipinski definition) is 2. The molecule has 1 heterocycles. The maximum Gasteiger partial charge on any atom is 0.258 e. The maximum absolute atomic E-state index is 12.2. The van der Waals surface area contributed by atoms with Gasteiger partial charge in [0.1, 0.15) is 0 Å². The summed E-state index contributed by atoms with van der Waals surface area (Å²) in [5.41, 5.74) is 2.03. The molecule has 2 aromatic carbocycles. The Morgan fingerprint density at radius 1 is 1.13 bits per heavy atom. The molecule has 0 radical (unpaired) electrons. The van der Waals surface area contributed by atoms with Crippen molar-refractivity contribution in [3.63, 3.8) is 0 Å². The van der Waals surface area contributed by atoms with Crippen LogP contribution in [0.15, 0.2) is 40.9 Å². The number of nitrogens with one attached hydrogen (secondary N) is 1. The molecule has 3 rings (SSSR count). The van der Waals surface area contributed by atoms with E-state index in [1.807, 2.05) is 0 Å². The van der Waals surface area contributed by atoms with Crippen LogP contribution in [0.5, 0.6) is 11.5 Å². The van der Waals surface area contributed by atoms with Crippen molar-refractivity contribution in [2.45, 2.75) is 0 Å². The van der Waals surface area contributed by atoms with Gasteiger partial charge in [-0.3, -0.25) is 14.9 Å². The minimum absolute atomic E-state index is 0.00908. The summed E-state index contributed by atoms with van der Waals surface area (Å²) in [4.78, 5) is 24.1. The third-order valence-electron chi connectivity index (χ3n) is 3.53. The second kappa shape index (κ2) is 5.89. The molecule has 0 aromatic heterocycles. The third-order valence-corrected chi connectivity index (χ3v) is 4.22. The molecule has 0 atom stereocenters. The lowest BCUT2D eigenvalue weighted by molar-refractivity contribution is -0.114. The molecule has 2 N–H and O–H groups in total. The first kappa shape index (κ1) is 15.3. The summed E-state index contributed by atoms with van der Waals surface area (Å²) in [6.07, 6.45) is 1.65. The van der Waals surface area contributed by atoms with Gasteiger partial charge >= 0.3 is 0 Å². The predicted molar refractivity (Wildman–Crippen MR) is 89.1 cm³/mol. The SMILES string of the molecule is COc1cc(/C=C2\C(=O)NC(=O)c3ccccc32)c(Br)cc1O. The number of imide groups is 1. The van der Waals surface area contributed by atoms with E-state index in [2.05, 4.69) is 21.2 Å². The Morgan fingerprint density at radius 2 is 1.83 bits per heavy atom. The van der Waals surface area contributed by atoms with Gasteiger partial charge < -0.3 is 9.84 Å². The van der Waals surface area contributed by atoms with Gasteiger partial charge in [0, 0.05) is 15.6 Å². The number of rotatable bonds is 2. The Kier molecular flexibility index (Phi) is 3.92. The highest BCUT2D eigenvalue weighted by molar-refractivity contribution is 9.10. The second-order valence-electron chi connectivity index (χ2n) is 4.93. The summed E-state index contributed by atoms with van der Waals surface area (Å²) < 4.78 is 5.69. The summed E-state index contributed by atoms with van der Waals surface area (Å²) in [7, 11) is 1.45. The van der Waals surface area contributed by atoms with Gasteiger partial charge in [-0.15, -0.1) is 0 Å². The molecule has 0 fully saturated rings. The summed E-state index contributed by atoms with van der Waals surface area (Å²) in [5.74, 6) is -0.594. The van der Waals surface area contributed by atoms with E-state index >= 15 is 0 Å². The van der Waals surface area contributed by atoms with E-state index in [9.17, 15) is 14.7 Å². The predicted octanol–water partition coefficient (Wildman–Crippen LogP) is 2.97. The number of benzene rings is 2. The minimum atomic E-state index is -0.465. The van der Waals surface area contributed by atoms with E-state index < -0.39 is 11.8 Å². The zero-order valence-corrected chi connectivity index (χ0v) is 13.7. The van der Waals surface area contributed by atoms with Crippen LogP contribution in [0.4, 0.5) is 0 Å². The van der Waals surface area contributed by atoms with Crippen LogP contribution in [0.1, 0.15) is 21.5 Å². The number of methoxy groups -OCH3 is 1. The van der Waals surface area contributed by atoms with Gasteiger partial charge in [0.2, 0.25) is 0 Å². The first-order chi connectivity index (χ1) is 11.0.